The summed E-state index contributed by atoms with van der Waals surface area (Å²) in [7, 11) is 0. The van der Waals surface area contributed by atoms with Crippen LogP contribution in [0.5, 0.6) is 0 Å². The molecule has 1 atom stereocenters. The summed E-state index contributed by atoms with van der Waals surface area (Å²) in [5.74, 6) is 1.22. The molecule has 0 bridgehead atoms. The molecule has 3 aromatic heterocycles. The standard InChI is InChI=1S/C22H21N7O.ClH/c30-20-10-9-16-14-26-22(27-21(16)28(20)17-6-2-1-3-7-17)29(18-8-4-5-11-24-18)19-15-23-12-13-25-19;/h1-11,14,19,23,25H,12-13,15H2;1H. The number of halogens is 1. The van der Waals surface area contributed by atoms with Crippen molar-refractivity contribution < 1.29 is 0 Å². The second kappa shape index (κ2) is 9.22. The van der Waals surface area contributed by atoms with E-state index in [-0.39, 0.29) is 24.1 Å². The number of piperazine rings is 1. The topological polar surface area (TPSA) is 88.0 Å². The van der Waals surface area contributed by atoms with Crippen LogP contribution in [0.3, 0.4) is 0 Å². The molecule has 0 aliphatic carbocycles. The smallest absolute Gasteiger partial charge is 0.256 e. The fourth-order valence-corrected chi connectivity index (χ4v) is 3.67. The van der Waals surface area contributed by atoms with E-state index in [1.54, 1.807) is 29.1 Å². The molecule has 5 rings (SSSR count). The van der Waals surface area contributed by atoms with Gasteiger partial charge in [-0.2, -0.15) is 4.98 Å². The summed E-state index contributed by atoms with van der Waals surface area (Å²) in [6, 6.07) is 18.6. The van der Waals surface area contributed by atoms with E-state index in [0.717, 1.165) is 36.5 Å². The molecule has 1 fully saturated rings. The molecule has 9 heteroatoms. The molecule has 0 saturated carbocycles. The Morgan fingerprint density at radius 2 is 1.81 bits per heavy atom. The van der Waals surface area contributed by atoms with Crippen LogP contribution in [-0.4, -0.2) is 45.3 Å². The zero-order valence-electron chi connectivity index (χ0n) is 16.7. The van der Waals surface area contributed by atoms with Crippen molar-refractivity contribution in [3.05, 3.63) is 83.4 Å². The Morgan fingerprint density at radius 1 is 0.968 bits per heavy atom. The lowest BCUT2D eigenvalue weighted by molar-refractivity contribution is 0.418. The molecule has 2 N–H and O–H groups in total. The predicted octanol–water partition coefficient (Wildman–Crippen LogP) is 2.25. The highest BCUT2D eigenvalue weighted by Crippen LogP contribution is 2.24. The lowest BCUT2D eigenvalue weighted by atomic mass is 10.2. The van der Waals surface area contributed by atoms with Crippen LogP contribution in [0.25, 0.3) is 16.7 Å². The highest BCUT2D eigenvalue weighted by Gasteiger charge is 2.26. The minimum Gasteiger partial charge on any atom is -0.312 e. The number of para-hydroxylation sites is 1. The van der Waals surface area contributed by atoms with E-state index < -0.39 is 0 Å². The van der Waals surface area contributed by atoms with Crippen LogP contribution in [0.1, 0.15) is 0 Å². The fourth-order valence-electron chi connectivity index (χ4n) is 3.67. The lowest BCUT2D eigenvalue weighted by Crippen LogP contribution is -2.56. The van der Waals surface area contributed by atoms with E-state index in [1.165, 1.54) is 0 Å². The first-order valence-electron chi connectivity index (χ1n) is 9.90. The van der Waals surface area contributed by atoms with Crippen molar-refractivity contribution in [3.63, 3.8) is 0 Å². The second-order valence-electron chi connectivity index (χ2n) is 7.02. The van der Waals surface area contributed by atoms with Gasteiger partial charge in [0.2, 0.25) is 5.95 Å². The Kier molecular flexibility index (Phi) is 6.22. The van der Waals surface area contributed by atoms with Crippen molar-refractivity contribution in [2.45, 2.75) is 6.17 Å². The summed E-state index contributed by atoms with van der Waals surface area (Å²) in [5, 5.41) is 7.68. The van der Waals surface area contributed by atoms with E-state index in [0.29, 0.717) is 11.6 Å². The summed E-state index contributed by atoms with van der Waals surface area (Å²) in [6.45, 7) is 2.45. The lowest BCUT2D eigenvalue weighted by Gasteiger charge is -2.34. The molecule has 158 valence electrons. The van der Waals surface area contributed by atoms with Crippen LogP contribution in [0, 0.1) is 0 Å². The average molecular weight is 436 g/mol. The third kappa shape index (κ3) is 4.13. The number of nitrogens with zero attached hydrogens (tertiary/aromatic N) is 5. The van der Waals surface area contributed by atoms with Crippen LogP contribution in [0.2, 0.25) is 0 Å². The predicted molar refractivity (Wildman–Crippen MR) is 123 cm³/mol. The van der Waals surface area contributed by atoms with Gasteiger partial charge in [-0.3, -0.25) is 19.6 Å². The Balaban J connectivity index is 0.00000231. The Hall–Kier alpha value is -3.33. The van der Waals surface area contributed by atoms with Gasteiger partial charge in [-0.1, -0.05) is 24.3 Å². The third-order valence-corrected chi connectivity index (χ3v) is 5.08. The quantitative estimate of drug-likeness (QED) is 0.508. The van der Waals surface area contributed by atoms with Crippen LogP contribution < -0.4 is 21.1 Å². The number of pyridine rings is 2. The normalized spacial score (nSPS) is 15.9. The van der Waals surface area contributed by atoms with Crippen LogP contribution in [0.4, 0.5) is 11.8 Å². The number of fused-ring (bicyclic) bond motifs is 1. The van der Waals surface area contributed by atoms with Crippen molar-refractivity contribution in [3.8, 4) is 5.69 Å². The highest BCUT2D eigenvalue weighted by atomic mass is 35.5. The number of hydrogen-bond acceptors (Lipinski definition) is 7. The molecule has 1 aromatic carbocycles. The van der Waals surface area contributed by atoms with Crippen molar-refractivity contribution >= 4 is 35.2 Å². The molecule has 4 aromatic rings. The van der Waals surface area contributed by atoms with Crippen LogP contribution >= 0.6 is 12.4 Å². The summed E-state index contributed by atoms with van der Waals surface area (Å²) in [5.41, 5.74) is 1.18. The fraction of sp³-hybridized carbons (Fsp3) is 0.182. The first-order chi connectivity index (χ1) is 14.8. The van der Waals surface area contributed by atoms with Crippen LogP contribution in [-0.2, 0) is 0 Å². The minimum atomic E-state index is -0.139. The van der Waals surface area contributed by atoms with Crippen molar-refractivity contribution in [1.29, 1.82) is 0 Å². The zero-order valence-corrected chi connectivity index (χ0v) is 17.5. The Bertz CT molecular complexity index is 1210. The van der Waals surface area contributed by atoms with Gasteiger partial charge in [-0.15, -0.1) is 12.4 Å². The van der Waals surface area contributed by atoms with Gasteiger partial charge >= 0.3 is 0 Å². The van der Waals surface area contributed by atoms with Gasteiger partial charge in [0, 0.05) is 43.5 Å². The molecule has 1 unspecified atom stereocenters. The summed E-state index contributed by atoms with van der Waals surface area (Å²) >= 11 is 0. The molecule has 1 saturated heterocycles. The molecule has 4 heterocycles. The zero-order chi connectivity index (χ0) is 20.3. The first kappa shape index (κ1) is 20.9. The molecule has 31 heavy (non-hydrogen) atoms. The summed E-state index contributed by atoms with van der Waals surface area (Å²) in [4.78, 5) is 28.7. The van der Waals surface area contributed by atoms with Gasteiger partial charge in [-0.05, 0) is 30.3 Å². The van der Waals surface area contributed by atoms with Crippen molar-refractivity contribution in [2.24, 2.45) is 0 Å². The molecule has 0 spiro atoms. The second-order valence-corrected chi connectivity index (χ2v) is 7.02. The maximum atomic E-state index is 12.7. The van der Waals surface area contributed by atoms with E-state index >= 15 is 0 Å². The van der Waals surface area contributed by atoms with E-state index in [9.17, 15) is 4.79 Å². The SMILES string of the molecule is Cl.O=c1ccc2cnc(N(c3ccccn3)C3CNCCN3)nc2n1-c1ccccc1. The molecule has 1 aliphatic heterocycles. The third-order valence-electron chi connectivity index (χ3n) is 5.08. The molecule has 1 aliphatic rings. The molecular formula is C22H22ClN7O. The maximum absolute atomic E-state index is 12.7. The number of aromatic nitrogens is 4. The van der Waals surface area contributed by atoms with Gasteiger partial charge in [0.15, 0.2) is 5.65 Å². The maximum Gasteiger partial charge on any atom is 0.256 e. The molecule has 0 amide bonds. The number of rotatable bonds is 4. The van der Waals surface area contributed by atoms with Crippen molar-refractivity contribution in [2.75, 3.05) is 24.5 Å². The van der Waals surface area contributed by atoms with Crippen molar-refractivity contribution in [1.82, 2.24) is 30.2 Å². The van der Waals surface area contributed by atoms with Gasteiger partial charge < -0.3 is 5.32 Å². The molecular weight excluding hydrogens is 414 g/mol. The van der Waals surface area contributed by atoms with Gasteiger partial charge in [0.25, 0.3) is 5.56 Å². The minimum absolute atomic E-state index is 0. The largest absolute Gasteiger partial charge is 0.312 e. The molecule has 0 radical (unpaired) electrons. The summed E-state index contributed by atoms with van der Waals surface area (Å²) < 4.78 is 1.61. The van der Waals surface area contributed by atoms with E-state index in [1.807, 2.05) is 53.4 Å². The number of hydrogen-bond donors (Lipinski definition) is 2. The highest BCUT2D eigenvalue weighted by molar-refractivity contribution is 5.85. The van der Waals surface area contributed by atoms with Crippen LogP contribution in [0.15, 0.2) is 77.9 Å². The number of benzene rings is 1. The average Bonchev–Trinajstić information content (AvgIpc) is 2.81. The summed E-state index contributed by atoms with van der Waals surface area (Å²) in [6.07, 6.45) is 3.44. The van der Waals surface area contributed by atoms with Gasteiger partial charge in [0.1, 0.15) is 12.0 Å². The van der Waals surface area contributed by atoms with E-state index in [2.05, 4.69) is 20.6 Å². The monoisotopic (exact) mass is 435 g/mol. The van der Waals surface area contributed by atoms with Gasteiger partial charge in [-0.25, -0.2) is 9.97 Å². The number of nitrogens with one attached hydrogen (secondary N) is 2. The number of anilines is 2. The van der Waals surface area contributed by atoms with Gasteiger partial charge in [0.05, 0.1) is 5.69 Å². The Labute approximate surface area is 185 Å². The Morgan fingerprint density at radius 3 is 2.55 bits per heavy atom. The van der Waals surface area contributed by atoms with E-state index in [4.69, 9.17) is 4.98 Å². The molecule has 8 nitrogen and oxygen atoms in total. The first-order valence-corrected chi connectivity index (χ1v) is 9.90.